The SMILES string of the molecule is CCOc1ccc(NCc2ccc(C(=O)OC)o2)cc1F. The van der Waals surface area contributed by atoms with Crippen LogP contribution in [-0.4, -0.2) is 19.7 Å². The van der Waals surface area contributed by atoms with E-state index in [2.05, 4.69) is 10.1 Å². The van der Waals surface area contributed by atoms with Crippen LogP contribution in [-0.2, 0) is 11.3 Å². The number of ether oxygens (including phenoxy) is 2. The summed E-state index contributed by atoms with van der Waals surface area (Å²) in [4.78, 5) is 11.2. The summed E-state index contributed by atoms with van der Waals surface area (Å²) in [5, 5.41) is 3.00. The van der Waals surface area contributed by atoms with Gasteiger partial charge in [-0.1, -0.05) is 0 Å². The molecule has 21 heavy (non-hydrogen) atoms. The molecule has 1 heterocycles. The third-order valence-corrected chi connectivity index (χ3v) is 2.75. The maximum atomic E-state index is 13.7. The van der Waals surface area contributed by atoms with Gasteiger partial charge in [0.1, 0.15) is 5.76 Å². The zero-order chi connectivity index (χ0) is 15.2. The normalized spacial score (nSPS) is 10.2. The van der Waals surface area contributed by atoms with E-state index in [0.29, 0.717) is 24.6 Å². The molecule has 2 aromatic rings. The highest BCUT2D eigenvalue weighted by molar-refractivity contribution is 5.86. The molecule has 0 saturated carbocycles. The third kappa shape index (κ3) is 3.75. The molecule has 1 N–H and O–H groups in total. The van der Waals surface area contributed by atoms with Crippen LogP contribution in [0.25, 0.3) is 0 Å². The number of methoxy groups -OCH3 is 1. The zero-order valence-electron chi connectivity index (χ0n) is 11.8. The minimum atomic E-state index is -0.534. The van der Waals surface area contributed by atoms with Gasteiger partial charge in [0.2, 0.25) is 5.76 Å². The lowest BCUT2D eigenvalue weighted by Gasteiger charge is -2.08. The molecule has 5 nitrogen and oxygen atoms in total. The van der Waals surface area contributed by atoms with Crippen molar-refractivity contribution in [2.45, 2.75) is 13.5 Å². The van der Waals surface area contributed by atoms with Crippen LogP contribution < -0.4 is 10.1 Å². The van der Waals surface area contributed by atoms with Crippen molar-refractivity contribution >= 4 is 11.7 Å². The highest BCUT2D eigenvalue weighted by Crippen LogP contribution is 2.21. The van der Waals surface area contributed by atoms with E-state index < -0.39 is 11.8 Å². The molecule has 0 aliphatic carbocycles. The summed E-state index contributed by atoms with van der Waals surface area (Å²) < 4.78 is 28.6. The van der Waals surface area contributed by atoms with Crippen LogP contribution in [0.5, 0.6) is 5.75 Å². The lowest BCUT2D eigenvalue weighted by Crippen LogP contribution is -2.01. The molecule has 0 unspecified atom stereocenters. The average Bonchev–Trinajstić information content (AvgIpc) is 2.96. The Kier molecular flexibility index (Phi) is 4.81. The first kappa shape index (κ1) is 14.9. The molecule has 0 aliphatic rings. The quantitative estimate of drug-likeness (QED) is 0.829. The van der Waals surface area contributed by atoms with Gasteiger partial charge in [0.25, 0.3) is 0 Å². The van der Waals surface area contributed by atoms with Crippen LogP contribution in [0.1, 0.15) is 23.2 Å². The first-order valence-electron chi connectivity index (χ1n) is 6.47. The van der Waals surface area contributed by atoms with E-state index in [9.17, 15) is 9.18 Å². The summed E-state index contributed by atoms with van der Waals surface area (Å²) in [5.41, 5.74) is 0.590. The summed E-state index contributed by atoms with van der Waals surface area (Å²) in [7, 11) is 1.28. The first-order chi connectivity index (χ1) is 10.1. The van der Waals surface area contributed by atoms with Gasteiger partial charge < -0.3 is 19.2 Å². The highest BCUT2D eigenvalue weighted by Gasteiger charge is 2.11. The molecule has 0 amide bonds. The molecule has 0 saturated heterocycles. The molecule has 6 heteroatoms. The largest absolute Gasteiger partial charge is 0.491 e. The number of esters is 1. The van der Waals surface area contributed by atoms with Crippen LogP contribution in [0.2, 0.25) is 0 Å². The van der Waals surface area contributed by atoms with E-state index in [1.165, 1.54) is 19.2 Å². The number of anilines is 1. The van der Waals surface area contributed by atoms with Crippen LogP contribution >= 0.6 is 0 Å². The van der Waals surface area contributed by atoms with Crippen molar-refractivity contribution in [1.82, 2.24) is 0 Å². The number of nitrogens with one attached hydrogen (secondary N) is 1. The van der Waals surface area contributed by atoms with E-state index in [0.717, 1.165) is 0 Å². The minimum Gasteiger partial charge on any atom is -0.491 e. The number of carbonyl (C=O) groups excluding carboxylic acids is 1. The second-order valence-corrected chi connectivity index (χ2v) is 4.19. The Labute approximate surface area is 121 Å². The molecule has 0 spiro atoms. The fourth-order valence-electron chi connectivity index (χ4n) is 1.76. The van der Waals surface area contributed by atoms with Crippen molar-refractivity contribution < 1.29 is 23.1 Å². The number of furan rings is 1. The molecular formula is C15H16FNO4. The Hall–Kier alpha value is -2.50. The molecule has 0 radical (unpaired) electrons. The summed E-state index contributed by atoms with van der Waals surface area (Å²) in [6.45, 7) is 2.53. The van der Waals surface area contributed by atoms with Gasteiger partial charge in [-0.2, -0.15) is 0 Å². The Morgan fingerprint density at radius 1 is 1.33 bits per heavy atom. The van der Waals surface area contributed by atoms with Gasteiger partial charge in [-0.15, -0.1) is 0 Å². The third-order valence-electron chi connectivity index (χ3n) is 2.75. The lowest BCUT2D eigenvalue weighted by molar-refractivity contribution is 0.0563. The highest BCUT2D eigenvalue weighted by atomic mass is 19.1. The molecule has 112 valence electrons. The Bertz CT molecular complexity index is 624. The Balaban J connectivity index is 1.98. The lowest BCUT2D eigenvalue weighted by atomic mass is 10.3. The van der Waals surface area contributed by atoms with Gasteiger partial charge in [-0.05, 0) is 31.2 Å². The van der Waals surface area contributed by atoms with E-state index in [1.54, 1.807) is 25.1 Å². The fourth-order valence-corrected chi connectivity index (χ4v) is 1.76. The molecular weight excluding hydrogens is 277 g/mol. The monoisotopic (exact) mass is 293 g/mol. The number of hydrogen-bond donors (Lipinski definition) is 1. The van der Waals surface area contributed by atoms with Crippen molar-refractivity contribution in [3.05, 3.63) is 47.7 Å². The summed E-state index contributed by atoms with van der Waals surface area (Å²) in [6, 6.07) is 7.79. The second-order valence-electron chi connectivity index (χ2n) is 4.19. The van der Waals surface area contributed by atoms with E-state index in [4.69, 9.17) is 9.15 Å². The summed E-state index contributed by atoms with van der Waals surface area (Å²) in [6.07, 6.45) is 0. The smallest absolute Gasteiger partial charge is 0.373 e. The first-order valence-corrected chi connectivity index (χ1v) is 6.47. The van der Waals surface area contributed by atoms with Crippen molar-refractivity contribution in [2.75, 3.05) is 19.0 Å². The maximum absolute atomic E-state index is 13.7. The topological polar surface area (TPSA) is 60.7 Å². The number of carbonyl (C=O) groups is 1. The van der Waals surface area contributed by atoms with Crippen molar-refractivity contribution in [1.29, 1.82) is 0 Å². The Morgan fingerprint density at radius 3 is 2.81 bits per heavy atom. The van der Waals surface area contributed by atoms with Crippen LogP contribution in [0, 0.1) is 5.82 Å². The van der Waals surface area contributed by atoms with E-state index in [-0.39, 0.29) is 11.5 Å². The molecule has 2 rings (SSSR count). The predicted octanol–water partition coefficient (Wildman–Crippen LogP) is 3.22. The zero-order valence-corrected chi connectivity index (χ0v) is 11.8. The number of rotatable bonds is 6. The second kappa shape index (κ2) is 6.78. The van der Waals surface area contributed by atoms with Gasteiger partial charge >= 0.3 is 5.97 Å². The van der Waals surface area contributed by atoms with Gasteiger partial charge in [0.05, 0.1) is 20.3 Å². The molecule has 0 atom stereocenters. The number of benzene rings is 1. The van der Waals surface area contributed by atoms with E-state index in [1.807, 2.05) is 0 Å². The van der Waals surface area contributed by atoms with Crippen molar-refractivity contribution in [3.63, 3.8) is 0 Å². The average molecular weight is 293 g/mol. The summed E-state index contributed by atoms with van der Waals surface area (Å²) >= 11 is 0. The number of halogens is 1. The predicted molar refractivity (Wildman–Crippen MR) is 74.9 cm³/mol. The van der Waals surface area contributed by atoms with E-state index >= 15 is 0 Å². The van der Waals surface area contributed by atoms with Gasteiger partial charge in [0.15, 0.2) is 11.6 Å². The molecule has 0 aliphatic heterocycles. The molecule has 0 bridgehead atoms. The van der Waals surface area contributed by atoms with Crippen molar-refractivity contribution in [2.24, 2.45) is 0 Å². The minimum absolute atomic E-state index is 0.132. The molecule has 0 fully saturated rings. The number of hydrogen-bond acceptors (Lipinski definition) is 5. The van der Waals surface area contributed by atoms with Crippen LogP contribution in [0.3, 0.4) is 0 Å². The molecule has 1 aromatic heterocycles. The fraction of sp³-hybridized carbons (Fsp3) is 0.267. The Morgan fingerprint density at radius 2 is 2.14 bits per heavy atom. The summed E-state index contributed by atoms with van der Waals surface area (Å²) in [5.74, 6) is -0.0733. The van der Waals surface area contributed by atoms with Crippen molar-refractivity contribution in [3.8, 4) is 5.75 Å². The maximum Gasteiger partial charge on any atom is 0.373 e. The van der Waals surface area contributed by atoms with Crippen LogP contribution in [0.4, 0.5) is 10.1 Å². The van der Waals surface area contributed by atoms with Gasteiger partial charge in [0, 0.05) is 11.8 Å². The van der Waals surface area contributed by atoms with Crippen LogP contribution in [0.15, 0.2) is 34.7 Å². The standard InChI is InChI=1S/C15H16FNO4/c1-3-20-13-6-4-10(8-12(13)16)17-9-11-5-7-14(21-11)15(18)19-2/h4-8,17H,3,9H2,1-2H3. The molecule has 1 aromatic carbocycles. The van der Waals surface area contributed by atoms with Gasteiger partial charge in [-0.25, -0.2) is 9.18 Å². The van der Waals surface area contributed by atoms with Gasteiger partial charge in [-0.3, -0.25) is 0 Å².